The van der Waals surface area contributed by atoms with Crippen molar-refractivity contribution in [2.45, 2.75) is 147 Å². The predicted octanol–water partition coefficient (Wildman–Crippen LogP) is 4.17. The van der Waals surface area contributed by atoms with Crippen molar-refractivity contribution in [2.24, 2.45) is 5.92 Å². The molecule has 1 saturated carbocycles. The van der Waals surface area contributed by atoms with Gasteiger partial charge in [0.15, 0.2) is 0 Å². The van der Waals surface area contributed by atoms with Crippen molar-refractivity contribution in [1.29, 1.82) is 0 Å². The topological polar surface area (TPSA) is 169 Å². The number of unbranched alkanes of at least 4 members (excludes halogenated alkanes) is 1. The van der Waals surface area contributed by atoms with Crippen LogP contribution in [0.4, 0.5) is 9.59 Å². The van der Waals surface area contributed by atoms with E-state index in [9.17, 15) is 29.4 Å². The van der Waals surface area contributed by atoms with Gasteiger partial charge < -0.3 is 41.1 Å². The second-order valence-corrected chi connectivity index (χ2v) is 14.8. The fraction of sp³-hybridized carbons (Fsp3) is 0.730. The highest BCUT2D eigenvalue weighted by atomic mass is 16.6. The Bertz CT molecular complexity index is 1160. The van der Waals surface area contributed by atoms with Crippen molar-refractivity contribution < 1.29 is 34.1 Å². The van der Waals surface area contributed by atoms with E-state index in [0.717, 1.165) is 44.1 Å². The van der Waals surface area contributed by atoms with E-state index in [1.165, 1.54) is 6.42 Å². The fourth-order valence-electron chi connectivity index (χ4n) is 6.62. The first-order chi connectivity index (χ1) is 23.3. The lowest BCUT2D eigenvalue weighted by molar-refractivity contribution is -0.124. The first-order valence-corrected chi connectivity index (χ1v) is 18.4. The van der Waals surface area contributed by atoms with Crippen LogP contribution in [0.15, 0.2) is 30.3 Å². The molecule has 1 saturated heterocycles. The zero-order chi connectivity index (χ0) is 35.8. The Morgan fingerprint density at radius 3 is 2.27 bits per heavy atom. The van der Waals surface area contributed by atoms with E-state index in [0.29, 0.717) is 44.7 Å². The number of rotatable bonds is 16. The number of aliphatic hydroxyl groups is 2. The van der Waals surface area contributed by atoms with Crippen molar-refractivity contribution >= 4 is 23.9 Å². The van der Waals surface area contributed by atoms with Crippen molar-refractivity contribution in [1.82, 2.24) is 26.2 Å². The Balaban J connectivity index is 1.54. The molecule has 0 aromatic heterocycles. The van der Waals surface area contributed by atoms with Gasteiger partial charge in [0, 0.05) is 38.5 Å². The summed E-state index contributed by atoms with van der Waals surface area (Å²) in [5, 5.41) is 33.1. The van der Waals surface area contributed by atoms with Crippen LogP contribution in [-0.2, 0) is 20.7 Å². The summed E-state index contributed by atoms with van der Waals surface area (Å²) in [7, 11) is 0. The van der Waals surface area contributed by atoms with E-state index in [-0.39, 0.29) is 37.4 Å². The molecule has 0 radical (unpaired) electrons. The number of piperidine rings is 1. The van der Waals surface area contributed by atoms with Crippen LogP contribution in [0, 0.1) is 5.92 Å². The van der Waals surface area contributed by atoms with E-state index in [4.69, 9.17) is 4.74 Å². The fourth-order valence-corrected chi connectivity index (χ4v) is 6.62. The van der Waals surface area contributed by atoms with Crippen molar-refractivity contribution in [3.05, 3.63) is 35.9 Å². The zero-order valence-electron chi connectivity index (χ0n) is 30.0. The molecule has 12 nitrogen and oxygen atoms in total. The molecule has 1 aromatic carbocycles. The van der Waals surface area contributed by atoms with Gasteiger partial charge in [0.05, 0.1) is 18.2 Å². The van der Waals surface area contributed by atoms with Crippen LogP contribution in [0.1, 0.15) is 110 Å². The minimum Gasteiger partial charge on any atom is -0.444 e. The maximum Gasteiger partial charge on any atom is 0.407 e. The molecular formula is C37H61N5O7. The first-order valence-electron chi connectivity index (χ1n) is 18.4. The van der Waals surface area contributed by atoms with Crippen molar-refractivity contribution in [3.8, 4) is 0 Å². The van der Waals surface area contributed by atoms with Crippen LogP contribution in [0.25, 0.3) is 0 Å². The van der Waals surface area contributed by atoms with Gasteiger partial charge in [-0.15, -0.1) is 0 Å². The van der Waals surface area contributed by atoms with E-state index >= 15 is 0 Å². The summed E-state index contributed by atoms with van der Waals surface area (Å²) in [6.45, 7) is 8.31. The SMILES string of the molecule is CCCC[C@H](O)[C@H](O)[C@H](CC1CCCCC1)NC(=O)CCNC(=O)[C@H](Cc1ccccc1)NC(=O)N1CCC(NC(=O)OC(C)(C)C)CC1. The lowest BCUT2D eigenvalue weighted by Crippen LogP contribution is -2.55. The molecule has 1 heterocycles. The zero-order valence-corrected chi connectivity index (χ0v) is 30.0. The average molecular weight is 688 g/mol. The summed E-state index contributed by atoms with van der Waals surface area (Å²) < 4.78 is 5.35. The van der Waals surface area contributed by atoms with Gasteiger partial charge in [-0.2, -0.15) is 0 Å². The molecular weight excluding hydrogens is 626 g/mol. The summed E-state index contributed by atoms with van der Waals surface area (Å²) in [6, 6.07) is 7.49. The monoisotopic (exact) mass is 687 g/mol. The smallest absolute Gasteiger partial charge is 0.407 e. The van der Waals surface area contributed by atoms with Gasteiger partial charge in [-0.25, -0.2) is 9.59 Å². The summed E-state index contributed by atoms with van der Waals surface area (Å²) in [4.78, 5) is 53.6. The van der Waals surface area contributed by atoms with Gasteiger partial charge >= 0.3 is 12.1 Å². The largest absolute Gasteiger partial charge is 0.444 e. The van der Waals surface area contributed by atoms with E-state index in [1.54, 1.807) is 25.7 Å². The van der Waals surface area contributed by atoms with Gasteiger partial charge in [-0.05, 0) is 57.9 Å². The van der Waals surface area contributed by atoms with Crippen LogP contribution >= 0.6 is 0 Å². The highest BCUT2D eigenvalue weighted by molar-refractivity contribution is 5.87. The lowest BCUT2D eigenvalue weighted by Gasteiger charge is -2.33. The average Bonchev–Trinajstić information content (AvgIpc) is 3.06. The molecule has 0 bridgehead atoms. The first kappa shape index (κ1) is 40.1. The molecule has 1 aliphatic carbocycles. The minimum absolute atomic E-state index is 0.00511. The van der Waals surface area contributed by atoms with Crippen LogP contribution in [-0.4, -0.2) is 94.6 Å². The number of benzene rings is 1. The summed E-state index contributed by atoms with van der Waals surface area (Å²) in [6.07, 6.45) is 7.28. The number of hydrogen-bond donors (Lipinski definition) is 6. The molecule has 6 N–H and O–H groups in total. The molecule has 276 valence electrons. The maximum absolute atomic E-state index is 13.4. The number of alkyl carbamates (subject to hydrolysis) is 1. The van der Waals surface area contributed by atoms with E-state index in [2.05, 4.69) is 21.3 Å². The van der Waals surface area contributed by atoms with E-state index < -0.39 is 41.9 Å². The van der Waals surface area contributed by atoms with Crippen molar-refractivity contribution in [2.75, 3.05) is 19.6 Å². The molecule has 3 rings (SSSR count). The number of aliphatic hydroxyl groups excluding tert-OH is 2. The van der Waals surface area contributed by atoms with Crippen LogP contribution in [0.5, 0.6) is 0 Å². The number of amides is 5. The van der Waals surface area contributed by atoms with Crippen LogP contribution in [0.3, 0.4) is 0 Å². The number of carbonyl (C=O) groups excluding carboxylic acids is 4. The van der Waals surface area contributed by atoms with Gasteiger partial charge in [-0.1, -0.05) is 82.2 Å². The number of nitrogens with one attached hydrogen (secondary N) is 4. The standard InChI is InChI=1S/C37H61N5O7/c1-5-6-17-31(43)33(45)29(24-26-13-9-7-10-14-26)40-32(44)18-21-38-34(46)30(25-27-15-11-8-12-16-27)41-35(47)42-22-19-28(20-23-42)39-36(48)49-37(2,3)4/h8,11-12,15-16,26,28-31,33,43,45H,5-7,9-10,13-14,17-25H2,1-4H3,(H,38,46)(H,39,48)(H,40,44)(H,41,47)/t29-,30-,31-,33+/m0/s1. The highest BCUT2D eigenvalue weighted by Crippen LogP contribution is 2.29. The Hall–Kier alpha value is -3.38. The van der Waals surface area contributed by atoms with Gasteiger partial charge in [0.25, 0.3) is 0 Å². The second kappa shape index (κ2) is 20.3. The molecule has 1 aromatic rings. The van der Waals surface area contributed by atoms with Gasteiger partial charge in [0.2, 0.25) is 11.8 Å². The molecule has 12 heteroatoms. The number of carbonyl (C=O) groups is 4. The number of urea groups is 1. The minimum atomic E-state index is -1.06. The normalized spacial score (nSPS) is 18.4. The molecule has 0 unspecified atom stereocenters. The third-order valence-corrected chi connectivity index (χ3v) is 9.37. The van der Waals surface area contributed by atoms with E-state index in [1.807, 2.05) is 37.3 Å². The summed E-state index contributed by atoms with van der Waals surface area (Å²) in [5.41, 5.74) is 0.279. The molecule has 2 fully saturated rings. The predicted molar refractivity (Wildman–Crippen MR) is 189 cm³/mol. The molecule has 1 aliphatic heterocycles. The highest BCUT2D eigenvalue weighted by Gasteiger charge is 2.31. The summed E-state index contributed by atoms with van der Waals surface area (Å²) >= 11 is 0. The Morgan fingerprint density at radius 1 is 0.959 bits per heavy atom. The third-order valence-electron chi connectivity index (χ3n) is 9.37. The van der Waals surface area contributed by atoms with Gasteiger partial charge in [-0.3, -0.25) is 9.59 Å². The Morgan fingerprint density at radius 2 is 1.63 bits per heavy atom. The molecule has 0 spiro atoms. The lowest BCUT2D eigenvalue weighted by atomic mass is 9.82. The Labute approximate surface area is 292 Å². The molecule has 2 aliphatic rings. The molecule has 49 heavy (non-hydrogen) atoms. The number of ether oxygens (including phenoxy) is 1. The number of nitrogens with zero attached hydrogens (tertiary/aromatic N) is 1. The third kappa shape index (κ3) is 15.0. The second-order valence-electron chi connectivity index (χ2n) is 14.8. The summed E-state index contributed by atoms with van der Waals surface area (Å²) in [5.74, 6) is -0.323. The van der Waals surface area contributed by atoms with Gasteiger partial charge in [0.1, 0.15) is 11.6 Å². The van der Waals surface area contributed by atoms with Crippen LogP contribution < -0.4 is 21.3 Å². The van der Waals surface area contributed by atoms with Crippen LogP contribution in [0.2, 0.25) is 0 Å². The number of hydrogen-bond acceptors (Lipinski definition) is 7. The quantitative estimate of drug-likeness (QED) is 0.152. The van der Waals surface area contributed by atoms with Crippen molar-refractivity contribution in [3.63, 3.8) is 0 Å². The Kier molecular flexibility index (Phi) is 16.6. The molecule has 4 atom stereocenters. The maximum atomic E-state index is 13.4. The molecule has 5 amide bonds. The number of likely N-dealkylation sites (tertiary alicyclic amines) is 1.